The van der Waals surface area contributed by atoms with Gasteiger partial charge in [0.25, 0.3) is 0 Å². The Morgan fingerprint density at radius 1 is 1.25 bits per heavy atom. The van der Waals surface area contributed by atoms with Crippen LogP contribution in [0.2, 0.25) is 0 Å². The van der Waals surface area contributed by atoms with Gasteiger partial charge in [-0.2, -0.15) is 0 Å². The van der Waals surface area contributed by atoms with Crippen molar-refractivity contribution < 1.29 is 0 Å². The summed E-state index contributed by atoms with van der Waals surface area (Å²) in [7, 11) is 0. The quantitative estimate of drug-likeness (QED) is 0.833. The van der Waals surface area contributed by atoms with Crippen LogP contribution in [-0.2, 0) is 0 Å². The molecule has 0 aliphatic heterocycles. The fourth-order valence-corrected chi connectivity index (χ4v) is 2.69. The molecular weight excluding hydrogens is 198 g/mol. The zero-order valence-corrected chi connectivity index (χ0v) is 10.2. The Hall–Kier alpha value is -0.830. The Kier molecular flexibility index (Phi) is 3.99. The van der Waals surface area contributed by atoms with E-state index < -0.39 is 0 Å². The molecule has 2 rings (SSSR count). The molecule has 1 unspecified atom stereocenters. The molecular formula is C13H23N3. The first-order valence-corrected chi connectivity index (χ1v) is 6.56. The molecule has 16 heavy (non-hydrogen) atoms. The number of hydrogen-bond acceptors (Lipinski definition) is 2. The molecule has 90 valence electrons. The van der Waals surface area contributed by atoms with Crippen molar-refractivity contribution in [2.45, 2.75) is 64.0 Å². The lowest BCUT2D eigenvalue weighted by atomic mass is 9.96. The van der Waals surface area contributed by atoms with Crippen molar-refractivity contribution >= 4 is 0 Å². The van der Waals surface area contributed by atoms with Crippen molar-refractivity contribution in [3.63, 3.8) is 0 Å². The van der Waals surface area contributed by atoms with Crippen LogP contribution >= 0.6 is 0 Å². The van der Waals surface area contributed by atoms with Crippen LogP contribution in [0.5, 0.6) is 0 Å². The van der Waals surface area contributed by atoms with Gasteiger partial charge in [-0.1, -0.05) is 32.1 Å². The molecule has 1 aliphatic rings. The highest BCUT2D eigenvalue weighted by Crippen LogP contribution is 2.28. The lowest BCUT2D eigenvalue weighted by Gasteiger charge is -2.24. The molecule has 0 spiro atoms. The second kappa shape index (κ2) is 5.48. The minimum absolute atomic E-state index is 0.0907. The molecule has 1 aromatic rings. The van der Waals surface area contributed by atoms with Crippen molar-refractivity contribution in [1.82, 2.24) is 9.55 Å². The number of nitrogens with two attached hydrogens (primary N) is 1. The Balaban J connectivity index is 2.11. The van der Waals surface area contributed by atoms with Gasteiger partial charge in [0, 0.05) is 18.3 Å². The lowest BCUT2D eigenvalue weighted by molar-refractivity contribution is 0.361. The molecule has 0 radical (unpaired) electrons. The van der Waals surface area contributed by atoms with E-state index in [2.05, 4.69) is 9.55 Å². The second-order valence-corrected chi connectivity index (χ2v) is 5.01. The summed E-state index contributed by atoms with van der Waals surface area (Å²) in [5.74, 6) is 0. The molecule has 2 N–H and O–H groups in total. The van der Waals surface area contributed by atoms with Gasteiger partial charge >= 0.3 is 0 Å². The van der Waals surface area contributed by atoms with E-state index >= 15 is 0 Å². The summed E-state index contributed by atoms with van der Waals surface area (Å²) in [6.07, 6.45) is 13.3. The maximum atomic E-state index is 5.97. The molecule has 3 nitrogen and oxygen atoms in total. The van der Waals surface area contributed by atoms with Crippen LogP contribution in [0.4, 0.5) is 0 Å². The predicted octanol–water partition coefficient (Wildman–Crippen LogP) is 3.19. The minimum atomic E-state index is 0.0907. The molecule has 3 heteroatoms. The van der Waals surface area contributed by atoms with E-state index in [4.69, 9.17) is 5.73 Å². The van der Waals surface area contributed by atoms with Gasteiger partial charge in [0.05, 0.1) is 12.0 Å². The molecule has 1 aromatic heterocycles. The standard InChI is InChI=1S/C13H23N3/c1-11(14)13-9-15-10-16(13)12-7-5-3-2-4-6-8-12/h9-12H,2-8,14H2,1H3. The largest absolute Gasteiger partial charge is 0.330 e. The van der Waals surface area contributed by atoms with E-state index in [0.29, 0.717) is 6.04 Å². The Morgan fingerprint density at radius 3 is 2.50 bits per heavy atom. The molecule has 0 bridgehead atoms. The summed E-state index contributed by atoms with van der Waals surface area (Å²) < 4.78 is 2.32. The van der Waals surface area contributed by atoms with Crippen LogP contribution in [0.1, 0.15) is 69.6 Å². The SMILES string of the molecule is CC(N)c1cncn1C1CCCCCCC1. The highest BCUT2D eigenvalue weighted by atomic mass is 15.1. The first kappa shape index (κ1) is 11.6. The Bertz CT molecular complexity index is 309. The van der Waals surface area contributed by atoms with Crippen LogP contribution in [0.25, 0.3) is 0 Å². The summed E-state index contributed by atoms with van der Waals surface area (Å²) in [6, 6.07) is 0.719. The van der Waals surface area contributed by atoms with E-state index in [9.17, 15) is 0 Å². The third-order valence-corrected chi connectivity index (χ3v) is 3.63. The fourth-order valence-electron chi connectivity index (χ4n) is 2.69. The topological polar surface area (TPSA) is 43.8 Å². The second-order valence-electron chi connectivity index (χ2n) is 5.01. The van der Waals surface area contributed by atoms with Crippen LogP contribution in [0, 0.1) is 0 Å². The molecule has 1 atom stereocenters. The number of aromatic nitrogens is 2. The third kappa shape index (κ3) is 2.64. The highest BCUT2D eigenvalue weighted by Gasteiger charge is 2.17. The van der Waals surface area contributed by atoms with Crippen LogP contribution in [0.15, 0.2) is 12.5 Å². The molecule has 0 amide bonds. The molecule has 1 heterocycles. The average molecular weight is 221 g/mol. The molecule has 0 saturated heterocycles. The normalized spacial score (nSPS) is 21.4. The first-order chi connectivity index (χ1) is 7.79. The number of hydrogen-bond donors (Lipinski definition) is 1. The monoisotopic (exact) mass is 221 g/mol. The molecule has 1 fully saturated rings. The zero-order chi connectivity index (χ0) is 11.4. The summed E-state index contributed by atoms with van der Waals surface area (Å²) in [5, 5.41) is 0. The number of imidazole rings is 1. The number of nitrogens with zero attached hydrogens (tertiary/aromatic N) is 2. The van der Waals surface area contributed by atoms with Gasteiger partial charge in [0.1, 0.15) is 0 Å². The van der Waals surface area contributed by atoms with Crippen molar-refractivity contribution in [2.24, 2.45) is 5.73 Å². The fraction of sp³-hybridized carbons (Fsp3) is 0.769. The molecule has 1 aliphatic carbocycles. The summed E-state index contributed by atoms with van der Waals surface area (Å²) in [4.78, 5) is 4.26. The predicted molar refractivity (Wildman–Crippen MR) is 66.2 cm³/mol. The van der Waals surface area contributed by atoms with E-state index in [1.165, 1.54) is 50.6 Å². The van der Waals surface area contributed by atoms with Gasteiger partial charge in [-0.3, -0.25) is 0 Å². The molecule has 0 aromatic carbocycles. The Labute approximate surface area is 98.1 Å². The Morgan fingerprint density at radius 2 is 1.88 bits per heavy atom. The van der Waals surface area contributed by atoms with Gasteiger partial charge in [-0.15, -0.1) is 0 Å². The van der Waals surface area contributed by atoms with Gasteiger partial charge in [0.15, 0.2) is 0 Å². The van der Waals surface area contributed by atoms with Crippen molar-refractivity contribution in [1.29, 1.82) is 0 Å². The summed E-state index contributed by atoms with van der Waals surface area (Å²) in [6.45, 7) is 2.04. The lowest BCUT2D eigenvalue weighted by Crippen LogP contribution is -2.17. The van der Waals surface area contributed by atoms with Crippen LogP contribution < -0.4 is 5.73 Å². The molecule has 1 saturated carbocycles. The maximum absolute atomic E-state index is 5.97. The zero-order valence-electron chi connectivity index (χ0n) is 10.2. The van der Waals surface area contributed by atoms with E-state index in [-0.39, 0.29) is 6.04 Å². The maximum Gasteiger partial charge on any atom is 0.0951 e. The van der Waals surface area contributed by atoms with Gasteiger partial charge in [0.2, 0.25) is 0 Å². The van der Waals surface area contributed by atoms with Crippen molar-refractivity contribution in [2.75, 3.05) is 0 Å². The van der Waals surface area contributed by atoms with E-state index in [1.807, 2.05) is 19.4 Å². The van der Waals surface area contributed by atoms with Gasteiger partial charge in [-0.05, 0) is 19.8 Å². The van der Waals surface area contributed by atoms with Gasteiger partial charge < -0.3 is 10.3 Å². The summed E-state index contributed by atoms with van der Waals surface area (Å²) >= 11 is 0. The summed E-state index contributed by atoms with van der Waals surface area (Å²) in [5.41, 5.74) is 7.16. The first-order valence-electron chi connectivity index (χ1n) is 6.56. The van der Waals surface area contributed by atoms with Gasteiger partial charge in [-0.25, -0.2) is 4.98 Å². The van der Waals surface area contributed by atoms with E-state index in [0.717, 1.165) is 0 Å². The smallest absolute Gasteiger partial charge is 0.0951 e. The number of rotatable bonds is 2. The minimum Gasteiger partial charge on any atom is -0.330 e. The van der Waals surface area contributed by atoms with E-state index in [1.54, 1.807) is 0 Å². The van der Waals surface area contributed by atoms with Crippen molar-refractivity contribution in [3.8, 4) is 0 Å². The van der Waals surface area contributed by atoms with Crippen molar-refractivity contribution in [3.05, 3.63) is 18.2 Å². The van der Waals surface area contributed by atoms with Crippen LogP contribution in [-0.4, -0.2) is 9.55 Å². The third-order valence-electron chi connectivity index (χ3n) is 3.63. The van der Waals surface area contributed by atoms with Crippen LogP contribution in [0.3, 0.4) is 0 Å². The highest BCUT2D eigenvalue weighted by molar-refractivity contribution is 5.05. The average Bonchev–Trinajstić information content (AvgIpc) is 2.65.